The minimum atomic E-state index is 0.339. The number of aryl methyl sites for hydroxylation is 2. The van der Waals surface area contributed by atoms with Crippen molar-refractivity contribution in [2.45, 2.75) is 31.8 Å². The summed E-state index contributed by atoms with van der Waals surface area (Å²) in [5.41, 5.74) is 10.9. The van der Waals surface area contributed by atoms with E-state index < -0.39 is 0 Å². The largest absolute Gasteiger partial charge is 0.379 e. The zero-order valence-corrected chi connectivity index (χ0v) is 14.0. The van der Waals surface area contributed by atoms with Crippen LogP contribution in [0.4, 0.5) is 17.5 Å². The van der Waals surface area contributed by atoms with Crippen molar-refractivity contribution in [3.63, 3.8) is 0 Å². The standard InChI is InChI=1S/C18H24N6/c1-20-16-10-24(11-16)17-8-15(22-18(19)23-17)9-21-14-6-5-12-3-2-4-13(12)7-14/h5-8,16,20-21H,2-4,9-11H2,1H3,(H2,19,22,23). The summed E-state index contributed by atoms with van der Waals surface area (Å²) >= 11 is 0. The highest BCUT2D eigenvalue weighted by Gasteiger charge is 2.26. The molecule has 1 aromatic heterocycles. The van der Waals surface area contributed by atoms with Crippen LogP contribution in [0.1, 0.15) is 23.2 Å². The van der Waals surface area contributed by atoms with Crippen LogP contribution in [0.5, 0.6) is 0 Å². The van der Waals surface area contributed by atoms with Crippen LogP contribution >= 0.6 is 0 Å². The SMILES string of the molecule is CNC1CN(c2cc(CNc3ccc4c(c3)CCC4)nc(N)n2)C1. The van der Waals surface area contributed by atoms with E-state index in [0.29, 0.717) is 18.5 Å². The van der Waals surface area contributed by atoms with Crippen molar-refractivity contribution < 1.29 is 0 Å². The molecule has 6 heteroatoms. The Kier molecular flexibility index (Phi) is 3.98. The fourth-order valence-electron chi connectivity index (χ4n) is 3.48. The monoisotopic (exact) mass is 324 g/mol. The van der Waals surface area contributed by atoms with Crippen molar-refractivity contribution in [1.82, 2.24) is 15.3 Å². The lowest BCUT2D eigenvalue weighted by Crippen LogP contribution is -2.57. The van der Waals surface area contributed by atoms with Gasteiger partial charge in [-0.1, -0.05) is 6.07 Å². The molecule has 0 saturated carbocycles. The second-order valence-corrected chi connectivity index (χ2v) is 6.66. The molecule has 24 heavy (non-hydrogen) atoms. The van der Waals surface area contributed by atoms with Crippen molar-refractivity contribution >= 4 is 17.5 Å². The zero-order valence-electron chi connectivity index (χ0n) is 14.0. The van der Waals surface area contributed by atoms with E-state index in [9.17, 15) is 0 Å². The van der Waals surface area contributed by atoms with Crippen LogP contribution < -0.4 is 21.3 Å². The Morgan fingerprint density at radius 1 is 1.17 bits per heavy atom. The first kappa shape index (κ1) is 15.2. The van der Waals surface area contributed by atoms with Gasteiger partial charge in [0, 0.05) is 30.9 Å². The van der Waals surface area contributed by atoms with E-state index in [1.54, 1.807) is 0 Å². The Labute approximate surface area is 142 Å². The Morgan fingerprint density at radius 3 is 2.83 bits per heavy atom. The summed E-state index contributed by atoms with van der Waals surface area (Å²) in [6.07, 6.45) is 3.68. The molecule has 0 bridgehead atoms. The molecule has 0 amide bonds. The van der Waals surface area contributed by atoms with Gasteiger partial charge in [0.15, 0.2) is 0 Å². The Balaban J connectivity index is 1.44. The Bertz CT molecular complexity index is 738. The van der Waals surface area contributed by atoms with E-state index in [1.165, 1.54) is 30.4 Å². The molecule has 0 spiro atoms. The molecule has 126 valence electrons. The number of benzene rings is 1. The molecule has 2 heterocycles. The first-order valence-corrected chi connectivity index (χ1v) is 8.62. The second kappa shape index (κ2) is 6.28. The van der Waals surface area contributed by atoms with Gasteiger partial charge < -0.3 is 21.3 Å². The molecule has 4 rings (SSSR count). The lowest BCUT2D eigenvalue weighted by Gasteiger charge is -2.40. The number of hydrogen-bond donors (Lipinski definition) is 3. The van der Waals surface area contributed by atoms with Gasteiger partial charge in [-0.15, -0.1) is 0 Å². The summed E-state index contributed by atoms with van der Waals surface area (Å²) in [6, 6.07) is 9.23. The van der Waals surface area contributed by atoms with E-state index >= 15 is 0 Å². The highest BCUT2D eigenvalue weighted by molar-refractivity contribution is 5.51. The fraction of sp³-hybridized carbons (Fsp3) is 0.444. The molecule has 0 atom stereocenters. The summed E-state index contributed by atoms with van der Waals surface area (Å²) in [5.74, 6) is 1.26. The third-order valence-corrected chi connectivity index (χ3v) is 4.97. The molecule has 1 aromatic carbocycles. The molecule has 1 aliphatic heterocycles. The van der Waals surface area contributed by atoms with Crippen molar-refractivity contribution in [2.24, 2.45) is 0 Å². The number of anilines is 3. The van der Waals surface area contributed by atoms with Crippen molar-refractivity contribution in [3.8, 4) is 0 Å². The summed E-state index contributed by atoms with van der Waals surface area (Å²) in [6.45, 7) is 2.58. The summed E-state index contributed by atoms with van der Waals surface area (Å²) in [5, 5.41) is 6.73. The predicted octanol–water partition coefficient (Wildman–Crippen LogP) is 1.57. The van der Waals surface area contributed by atoms with Crippen molar-refractivity contribution in [2.75, 3.05) is 36.1 Å². The number of nitrogen functional groups attached to an aromatic ring is 1. The lowest BCUT2D eigenvalue weighted by atomic mass is 10.1. The summed E-state index contributed by atoms with van der Waals surface area (Å²) in [4.78, 5) is 10.9. The number of nitrogens with zero attached hydrogens (tertiary/aromatic N) is 3. The summed E-state index contributed by atoms with van der Waals surface area (Å²) in [7, 11) is 1.99. The normalized spacial score (nSPS) is 16.8. The minimum absolute atomic E-state index is 0.339. The van der Waals surface area contributed by atoms with Crippen molar-refractivity contribution in [3.05, 3.63) is 41.1 Å². The quantitative estimate of drug-likeness (QED) is 0.775. The van der Waals surface area contributed by atoms with Gasteiger partial charge in [-0.05, 0) is 49.6 Å². The maximum absolute atomic E-state index is 5.89. The molecule has 6 nitrogen and oxygen atoms in total. The van der Waals surface area contributed by atoms with Crippen LogP contribution in [0.15, 0.2) is 24.3 Å². The highest BCUT2D eigenvalue weighted by atomic mass is 15.3. The van der Waals surface area contributed by atoms with Crippen LogP contribution in [0.25, 0.3) is 0 Å². The van der Waals surface area contributed by atoms with Gasteiger partial charge in [0.25, 0.3) is 0 Å². The first-order chi connectivity index (χ1) is 11.7. The number of nitrogens with two attached hydrogens (primary N) is 1. The molecule has 1 aliphatic carbocycles. The molecular weight excluding hydrogens is 300 g/mol. The van der Waals surface area contributed by atoms with E-state index in [0.717, 1.165) is 30.3 Å². The minimum Gasteiger partial charge on any atom is -0.379 e. The second-order valence-electron chi connectivity index (χ2n) is 6.66. The van der Waals surface area contributed by atoms with E-state index in [2.05, 4.69) is 43.7 Å². The number of nitrogens with one attached hydrogen (secondary N) is 2. The maximum Gasteiger partial charge on any atom is 0.222 e. The van der Waals surface area contributed by atoms with E-state index in [4.69, 9.17) is 5.73 Å². The van der Waals surface area contributed by atoms with Gasteiger partial charge >= 0.3 is 0 Å². The smallest absolute Gasteiger partial charge is 0.222 e. The number of fused-ring (bicyclic) bond motifs is 1. The molecule has 2 aliphatic rings. The van der Waals surface area contributed by atoms with Crippen molar-refractivity contribution in [1.29, 1.82) is 0 Å². The van der Waals surface area contributed by atoms with Gasteiger partial charge in [0.2, 0.25) is 5.95 Å². The predicted molar refractivity (Wildman–Crippen MR) is 97.3 cm³/mol. The van der Waals surface area contributed by atoms with Gasteiger partial charge in [-0.25, -0.2) is 4.98 Å². The van der Waals surface area contributed by atoms with Gasteiger partial charge in [0.1, 0.15) is 5.82 Å². The molecule has 1 fully saturated rings. The van der Waals surface area contributed by atoms with Gasteiger partial charge in [0.05, 0.1) is 12.2 Å². The highest BCUT2D eigenvalue weighted by Crippen LogP contribution is 2.25. The topological polar surface area (TPSA) is 79.1 Å². The number of hydrogen-bond acceptors (Lipinski definition) is 6. The lowest BCUT2D eigenvalue weighted by molar-refractivity contribution is 0.447. The summed E-state index contributed by atoms with van der Waals surface area (Å²) < 4.78 is 0. The Morgan fingerprint density at radius 2 is 2.00 bits per heavy atom. The van der Waals surface area contributed by atoms with Crippen LogP contribution in [-0.2, 0) is 19.4 Å². The average Bonchev–Trinajstić information content (AvgIpc) is 2.99. The number of likely N-dealkylation sites (N-methyl/N-ethyl adjacent to an activating group) is 1. The molecule has 1 saturated heterocycles. The van der Waals surface area contributed by atoms with E-state index in [1.807, 2.05) is 13.1 Å². The maximum atomic E-state index is 5.89. The van der Waals surface area contributed by atoms with Crippen LogP contribution in [0.3, 0.4) is 0 Å². The Hall–Kier alpha value is -2.34. The third-order valence-electron chi connectivity index (χ3n) is 4.97. The van der Waals surface area contributed by atoms with Crippen LogP contribution in [-0.4, -0.2) is 36.1 Å². The molecular formula is C18H24N6. The van der Waals surface area contributed by atoms with Crippen LogP contribution in [0.2, 0.25) is 0 Å². The average molecular weight is 324 g/mol. The fourth-order valence-corrected chi connectivity index (χ4v) is 3.48. The van der Waals surface area contributed by atoms with E-state index in [-0.39, 0.29) is 0 Å². The van der Waals surface area contributed by atoms with Gasteiger partial charge in [-0.3, -0.25) is 0 Å². The van der Waals surface area contributed by atoms with Crippen LogP contribution in [0, 0.1) is 0 Å². The zero-order chi connectivity index (χ0) is 16.5. The molecule has 0 unspecified atom stereocenters. The number of rotatable bonds is 5. The third kappa shape index (κ3) is 3.01. The molecule has 4 N–H and O–H groups in total. The molecule has 0 radical (unpaired) electrons. The number of aromatic nitrogens is 2. The first-order valence-electron chi connectivity index (χ1n) is 8.62. The molecule has 2 aromatic rings. The van der Waals surface area contributed by atoms with Gasteiger partial charge in [-0.2, -0.15) is 4.98 Å².